The topological polar surface area (TPSA) is 49.6 Å². The van der Waals surface area contributed by atoms with Crippen molar-refractivity contribution in [2.45, 2.75) is 26.2 Å². The monoisotopic (exact) mass is 327 g/mol. The SMILES string of the molecule is CC(C)c1cc(C(=O)N(C)CC2CCN(c3ccccc3)C2)no1. The summed E-state index contributed by atoms with van der Waals surface area (Å²) in [6.45, 7) is 6.81. The molecule has 1 atom stereocenters. The molecule has 3 rings (SSSR count). The van der Waals surface area contributed by atoms with E-state index in [4.69, 9.17) is 4.52 Å². The summed E-state index contributed by atoms with van der Waals surface area (Å²) in [5.74, 6) is 1.40. The maximum Gasteiger partial charge on any atom is 0.275 e. The fourth-order valence-electron chi connectivity index (χ4n) is 3.18. The van der Waals surface area contributed by atoms with Crippen LogP contribution in [0.1, 0.15) is 42.4 Å². The van der Waals surface area contributed by atoms with Crippen LogP contribution < -0.4 is 4.90 Å². The third-order valence-electron chi connectivity index (χ3n) is 4.60. The zero-order valence-electron chi connectivity index (χ0n) is 14.6. The number of aromatic nitrogens is 1. The van der Waals surface area contributed by atoms with Gasteiger partial charge in [-0.15, -0.1) is 0 Å². The van der Waals surface area contributed by atoms with Crippen molar-refractivity contribution >= 4 is 11.6 Å². The Morgan fingerprint density at radius 2 is 2.12 bits per heavy atom. The van der Waals surface area contributed by atoms with Crippen molar-refractivity contribution in [3.8, 4) is 0 Å². The molecule has 5 heteroatoms. The summed E-state index contributed by atoms with van der Waals surface area (Å²) >= 11 is 0. The second kappa shape index (κ2) is 7.07. The van der Waals surface area contributed by atoms with E-state index in [1.165, 1.54) is 5.69 Å². The van der Waals surface area contributed by atoms with Gasteiger partial charge in [0.1, 0.15) is 5.76 Å². The molecule has 1 fully saturated rings. The lowest BCUT2D eigenvalue weighted by Gasteiger charge is -2.22. The molecule has 1 unspecified atom stereocenters. The van der Waals surface area contributed by atoms with Crippen molar-refractivity contribution in [2.75, 3.05) is 31.6 Å². The van der Waals surface area contributed by atoms with Gasteiger partial charge in [-0.25, -0.2) is 0 Å². The van der Waals surface area contributed by atoms with Gasteiger partial charge in [-0.1, -0.05) is 37.2 Å². The quantitative estimate of drug-likeness (QED) is 0.844. The van der Waals surface area contributed by atoms with E-state index in [9.17, 15) is 4.79 Å². The van der Waals surface area contributed by atoms with E-state index in [0.717, 1.165) is 31.8 Å². The molecule has 5 nitrogen and oxygen atoms in total. The fourth-order valence-corrected chi connectivity index (χ4v) is 3.18. The van der Waals surface area contributed by atoms with Gasteiger partial charge in [-0.05, 0) is 24.5 Å². The molecule has 2 heterocycles. The molecule has 0 spiro atoms. The van der Waals surface area contributed by atoms with E-state index in [1.807, 2.05) is 27.0 Å². The zero-order valence-corrected chi connectivity index (χ0v) is 14.6. The van der Waals surface area contributed by atoms with Gasteiger partial charge in [-0.3, -0.25) is 4.79 Å². The maximum atomic E-state index is 12.5. The van der Waals surface area contributed by atoms with Crippen molar-refractivity contribution in [2.24, 2.45) is 5.92 Å². The van der Waals surface area contributed by atoms with Gasteiger partial charge in [0.25, 0.3) is 5.91 Å². The highest BCUT2D eigenvalue weighted by molar-refractivity contribution is 5.92. The minimum absolute atomic E-state index is 0.0659. The first kappa shape index (κ1) is 16.6. The van der Waals surface area contributed by atoms with Gasteiger partial charge in [0, 0.05) is 44.4 Å². The van der Waals surface area contributed by atoms with Crippen LogP contribution in [0.15, 0.2) is 40.9 Å². The molecule has 1 saturated heterocycles. The van der Waals surface area contributed by atoms with Crippen LogP contribution in [0.3, 0.4) is 0 Å². The standard InChI is InChI=1S/C19H25N3O2/c1-14(2)18-11-17(20-24-18)19(23)21(3)12-15-9-10-22(13-15)16-7-5-4-6-8-16/h4-8,11,14-15H,9-10,12-13H2,1-3H3. The number of anilines is 1. The van der Waals surface area contributed by atoms with Crippen molar-refractivity contribution in [3.63, 3.8) is 0 Å². The predicted molar refractivity (Wildman–Crippen MR) is 94.3 cm³/mol. The lowest BCUT2D eigenvalue weighted by Crippen LogP contribution is -2.33. The van der Waals surface area contributed by atoms with Crippen LogP contribution in [0.2, 0.25) is 0 Å². The number of rotatable bonds is 5. The van der Waals surface area contributed by atoms with E-state index in [0.29, 0.717) is 11.6 Å². The normalized spacial score (nSPS) is 17.5. The first-order chi connectivity index (χ1) is 11.5. The van der Waals surface area contributed by atoms with Gasteiger partial charge in [0.05, 0.1) is 0 Å². The third kappa shape index (κ3) is 3.61. The van der Waals surface area contributed by atoms with E-state index >= 15 is 0 Å². The minimum Gasteiger partial charge on any atom is -0.371 e. The van der Waals surface area contributed by atoms with Crippen LogP contribution in [0.4, 0.5) is 5.69 Å². The summed E-state index contributed by atoms with van der Waals surface area (Å²) in [5, 5.41) is 3.92. The van der Waals surface area contributed by atoms with Crippen LogP contribution in [0.25, 0.3) is 0 Å². The molecule has 24 heavy (non-hydrogen) atoms. The van der Waals surface area contributed by atoms with Crippen molar-refractivity contribution in [1.29, 1.82) is 0 Å². The van der Waals surface area contributed by atoms with Crippen molar-refractivity contribution in [3.05, 3.63) is 47.9 Å². The second-order valence-electron chi connectivity index (χ2n) is 6.89. The first-order valence-corrected chi connectivity index (χ1v) is 8.56. The Morgan fingerprint density at radius 3 is 2.79 bits per heavy atom. The number of benzene rings is 1. The minimum atomic E-state index is -0.0659. The Morgan fingerprint density at radius 1 is 1.38 bits per heavy atom. The summed E-state index contributed by atoms with van der Waals surface area (Å²) in [6, 6.07) is 12.2. The average molecular weight is 327 g/mol. The Labute approximate surface area is 143 Å². The number of para-hydroxylation sites is 1. The number of carbonyl (C=O) groups excluding carboxylic acids is 1. The molecule has 1 amide bonds. The number of nitrogens with zero attached hydrogens (tertiary/aromatic N) is 3. The van der Waals surface area contributed by atoms with E-state index in [2.05, 4.69) is 34.3 Å². The number of hydrogen-bond acceptors (Lipinski definition) is 4. The van der Waals surface area contributed by atoms with Crippen molar-refractivity contribution < 1.29 is 9.32 Å². The van der Waals surface area contributed by atoms with Crippen LogP contribution in [0.5, 0.6) is 0 Å². The lowest BCUT2D eigenvalue weighted by atomic mass is 10.1. The Hall–Kier alpha value is -2.30. The molecule has 0 saturated carbocycles. The second-order valence-corrected chi connectivity index (χ2v) is 6.89. The zero-order chi connectivity index (χ0) is 17.1. The van der Waals surface area contributed by atoms with Gasteiger partial charge in [-0.2, -0.15) is 0 Å². The van der Waals surface area contributed by atoms with E-state index < -0.39 is 0 Å². The Kier molecular flexibility index (Phi) is 4.88. The van der Waals surface area contributed by atoms with Gasteiger partial charge in [0.2, 0.25) is 0 Å². The molecule has 1 aromatic heterocycles. The lowest BCUT2D eigenvalue weighted by molar-refractivity contribution is 0.0766. The number of amides is 1. The summed E-state index contributed by atoms with van der Waals surface area (Å²) in [5.41, 5.74) is 1.66. The Balaban J connectivity index is 1.57. The number of hydrogen-bond donors (Lipinski definition) is 0. The first-order valence-electron chi connectivity index (χ1n) is 8.56. The highest BCUT2D eigenvalue weighted by atomic mass is 16.5. The molecule has 1 aliphatic heterocycles. The third-order valence-corrected chi connectivity index (χ3v) is 4.60. The highest BCUT2D eigenvalue weighted by Gasteiger charge is 2.26. The van der Waals surface area contributed by atoms with E-state index in [1.54, 1.807) is 11.0 Å². The summed E-state index contributed by atoms with van der Waals surface area (Å²) in [7, 11) is 1.84. The maximum absolute atomic E-state index is 12.5. The molecule has 1 aromatic carbocycles. The summed E-state index contributed by atoms with van der Waals surface area (Å²) < 4.78 is 5.24. The van der Waals surface area contributed by atoms with Gasteiger partial charge >= 0.3 is 0 Å². The highest BCUT2D eigenvalue weighted by Crippen LogP contribution is 2.24. The number of carbonyl (C=O) groups is 1. The average Bonchev–Trinajstić information content (AvgIpc) is 3.24. The largest absolute Gasteiger partial charge is 0.371 e. The molecular formula is C19H25N3O2. The van der Waals surface area contributed by atoms with Crippen LogP contribution in [0, 0.1) is 5.92 Å². The van der Waals surface area contributed by atoms with Crippen molar-refractivity contribution in [1.82, 2.24) is 10.1 Å². The molecule has 1 aliphatic rings. The summed E-state index contributed by atoms with van der Waals surface area (Å²) in [4.78, 5) is 16.7. The molecular weight excluding hydrogens is 302 g/mol. The molecule has 0 N–H and O–H groups in total. The molecule has 0 radical (unpaired) electrons. The predicted octanol–water partition coefficient (Wildman–Crippen LogP) is 3.40. The van der Waals surface area contributed by atoms with Crippen LogP contribution in [-0.4, -0.2) is 42.6 Å². The molecule has 128 valence electrons. The molecule has 0 bridgehead atoms. The fraction of sp³-hybridized carbons (Fsp3) is 0.474. The van der Waals surface area contributed by atoms with E-state index in [-0.39, 0.29) is 11.8 Å². The smallest absolute Gasteiger partial charge is 0.275 e. The molecule has 0 aliphatic carbocycles. The van der Waals surface area contributed by atoms with Crippen LogP contribution in [-0.2, 0) is 0 Å². The van der Waals surface area contributed by atoms with Crippen LogP contribution >= 0.6 is 0 Å². The Bertz CT molecular complexity index is 681. The molecule has 2 aromatic rings. The van der Waals surface area contributed by atoms with Gasteiger partial charge in [0.15, 0.2) is 5.69 Å². The van der Waals surface area contributed by atoms with Gasteiger partial charge < -0.3 is 14.3 Å². The summed E-state index contributed by atoms with van der Waals surface area (Å²) in [6.07, 6.45) is 1.10.